The van der Waals surface area contributed by atoms with Gasteiger partial charge in [-0.1, -0.05) is 46.8 Å². The molecule has 0 saturated carbocycles. The minimum absolute atomic E-state index is 0.0150. The molecule has 4 N–H and O–H groups in total. The van der Waals surface area contributed by atoms with Crippen molar-refractivity contribution >= 4 is 34.6 Å². The van der Waals surface area contributed by atoms with E-state index in [1.165, 1.54) is 5.01 Å². The fraction of sp³-hybridized carbons (Fsp3) is 0.540. The summed E-state index contributed by atoms with van der Waals surface area (Å²) < 4.78 is 14.2. The van der Waals surface area contributed by atoms with Gasteiger partial charge in [0.05, 0.1) is 30.0 Å². The van der Waals surface area contributed by atoms with Crippen molar-refractivity contribution in [1.29, 1.82) is 0 Å². The lowest BCUT2D eigenvalue weighted by molar-refractivity contribution is -0.155. The van der Waals surface area contributed by atoms with Crippen LogP contribution in [0.3, 0.4) is 0 Å². The molecular weight excluding hydrogens is 811 g/mol. The number of pyridine rings is 1. The summed E-state index contributed by atoms with van der Waals surface area (Å²) in [5, 5.41) is 20.2. The summed E-state index contributed by atoms with van der Waals surface area (Å²) in [6.07, 6.45) is 4.59. The van der Waals surface area contributed by atoms with Crippen LogP contribution in [0.4, 0.5) is 0 Å². The van der Waals surface area contributed by atoms with Gasteiger partial charge in [-0.2, -0.15) is 0 Å². The molecule has 3 aliphatic rings. The molecule has 7 rings (SSSR count). The van der Waals surface area contributed by atoms with Crippen LogP contribution in [0.5, 0.6) is 5.75 Å². The number of hydrogen-bond donors (Lipinski definition) is 4. The zero-order chi connectivity index (χ0) is 46.0. The predicted molar refractivity (Wildman–Crippen MR) is 247 cm³/mol. The first-order chi connectivity index (χ1) is 30.5. The number of carbonyl (C=O) groups excluding carboxylic acids is 4. The Bertz CT molecular complexity index is 2380. The molecule has 2 aromatic heterocycles. The second kappa shape index (κ2) is 19.4. The van der Waals surface area contributed by atoms with Crippen LogP contribution in [0.25, 0.3) is 33.3 Å². The fourth-order valence-corrected chi connectivity index (χ4v) is 10.1. The van der Waals surface area contributed by atoms with Crippen LogP contribution in [-0.2, 0) is 48.0 Å². The van der Waals surface area contributed by atoms with Gasteiger partial charge in [-0.3, -0.25) is 29.2 Å². The molecule has 2 fully saturated rings. The van der Waals surface area contributed by atoms with Gasteiger partial charge in [0, 0.05) is 67.8 Å². The lowest BCUT2D eigenvalue weighted by Gasteiger charge is -2.37. The minimum atomic E-state index is -1.11. The number of hydrogen-bond acceptors (Lipinski definition) is 10. The fourth-order valence-electron chi connectivity index (χ4n) is 10.1. The summed E-state index contributed by atoms with van der Waals surface area (Å²) >= 11 is 0. The zero-order valence-corrected chi connectivity index (χ0v) is 39.0. The van der Waals surface area contributed by atoms with Crippen LogP contribution >= 0.6 is 0 Å². The molecule has 4 aromatic rings. The molecule has 0 aliphatic carbocycles. The molecule has 14 heteroatoms. The van der Waals surface area contributed by atoms with E-state index in [1.807, 2.05) is 45.9 Å². The van der Waals surface area contributed by atoms with Crippen LogP contribution in [0.1, 0.15) is 97.1 Å². The monoisotopic (exact) mass is 878 g/mol. The number of esters is 1. The molecule has 64 heavy (non-hydrogen) atoms. The Morgan fingerprint density at radius 2 is 1.86 bits per heavy atom. The van der Waals surface area contributed by atoms with Crippen LogP contribution < -0.4 is 16.1 Å². The average molecular weight is 878 g/mol. The molecule has 2 saturated heterocycles. The maximum Gasteiger partial charge on any atom is 0.324 e. The number of likely N-dealkylation sites (N-methyl/N-ethyl adjacent to an activating group) is 1. The van der Waals surface area contributed by atoms with Crippen LogP contribution in [0, 0.1) is 17.3 Å². The molecule has 14 nitrogen and oxygen atoms in total. The Morgan fingerprint density at radius 1 is 1.08 bits per heavy atom. The van der Waals surface area contributed by atoms with Gasteiger partial charge in [-0.15, -0.1) is 0 Å². The van der Waals surface area contributed by atoms with Crippen molar-refractivity contribution in [3.8, 4) is 28.1 Å². The third-order valence-corrected chi connectivity index (χ3v) is 13.4. The molecule has 0 radical (unpaired) electrons. The van der Waals surface area contributed by atoms with Crippen LogP contribution in [-0.4, -0.2) is 106 Å². The standard InChI is InChI=1S/C50H67N7O7/c1-10-39-35(18-20-51-39)47(60)55(8)44(29(3)4)46(59)53-41-24-31-22-33(25-34(58)23-31)32-16-17-42-37(26-32)38(45(56(42)11-2)36-14-12-19-52-43(36)30(5)63-9)27-50(6,7)28-64-49(62)40-15-13-21-57(54-40)48(41)61/h12,14,16-17,19,22-23,25-26,29-30,35,39-41,44,51,54,58H,10-11,13,15,18,20-21,24,27-28H2,1-9H3,(H,53,59)/t30-,35?,39?,40-,41-,44?/m0/s1. The van der Waals surface area contributed by atoms with E-state index in [0.29, 0.717) is 44.3 Å². The highest BCUT2D eigenvalue weighted by Gasteiger charge is 2.41. The van der Waals surface area contributed by atoms with E-state index < -0.39 is 41.3 Å². The highest BCUT2D eigenvalue weighted by molar-refractivity contribution is 5.96. The topological polar surface area (TPSA) is 167 Å². The Hall–Kier alpha value is -5.31. The van der Waals surface area contributed by atoms with Crippen LogP contribution in [0.15, 0.2) is 54.7 Å². The molecule has 344 valence electrons. The van der Waals surface area contributed by atoms with E-state index in [0.717, 1.165) is 57.5 Å². The number of methoxy groups -OCH3 is 1. The second-order valence-electron chi connectivity index (χ2n) is 19.0. The molecule has 3 unspecified atom stereocenters. The molecule has 0 spiro atoms. The van der Waals surface area contributed by atoms with Crippen molar-refractivity contribution in [3.63, 3.8) is 0 Å². The summed E-state index contributed by atoms with van der Waals surface area (Å²) in [6.45, 7) is 16.0. The number of phenols is 1. The number of carbonyl (C=O) groups is 4. The second-order valence-corrected chi connectivity index (χ2v) is 19.0. The number of rotatable bonds is 10. The van der Waals surface area contributed by atoms with Crippen molar-refractivity contribution < 1.29 is 33.8 Å². The highest BCUT2D eigenvalue weighted by Crippen LogP contribution is 2.42. The quantitative estimate of drug-likeness (QED) is 0.132. The van der Waals surface area contributed by atoms with E-state index in [4.69, 9.17) is 14.5 Å². The highest BCUT2D eigenvalue weighted by atomic mass is 16.5. The van der Waals surface area contributed by atoms with Gasteiger partial charge >= 0.3 is 5.97 Å². The summed E-state index contributed by atoms with van der Waals surface area (Å²) in [7, 11) is 3.35. The predicted octanol–water partition coefficient (Wildman–Crippen LogP) is 6.32. The Kier molecular flexibility index (Phi) is 14.2. The Labute approximate surface area is 377 Å². The van der Waals surface area contributed by atoms with Gasteiger partial charge in [0.2, 0.25) is 11.8 Å². The normalized spacial score (nSPS) is 22.5. The number of cyclic esters (lactones) is 1. The number of aromatic hydroxyl groups is 1. The summed E-state index contributed by atoms with van der Waals surface area (Å²) in [4.78, 5) is 63.4. The third-order valence-electron chi connectivity index (χ3n) is 13.4. The van der Waals surface area contributed by atoms with Gasteiger partial charge < -0.3 is 34.7 Å². The van der Waals surface area contributed by atoms with Crippen molar-refractivity contribution in [1.82, 2.24) is 35.5 Å². The molecule has 5 heterocycles. The maximum absolute atomic E-state index is 14.7. The van der Waals surface area contributed by atoms with E-state index in [2.05, 4.69) is 59.6 Å². The maximum atomic E-state index is 14.7. The van der Waals surface area contributed by atoms with Crippen molar-refractivity contribution in [2.24, 2.45) is 17.3 Å². The number of aromatic nitrogens is 2. The van der Waals surface area contributed by atoms with Gasteiger partial charge in [-0.25, -0.2) is 5.43 Å². The van der Waals surface area contributed by atoms with Crippen molar-refractivity contribution in [3.05, 3.63) is 71.5 Å². The lowest BCUT2D eigenvalue weighted by Crippen LogP contribution is -2.62. The van der Waals surface area contributed by atoms with Gasteiger partial charge in [-0.05, 0) is 117 Å². The van der Waals surface area contributed by atoms with Crippen molar-refractivity contribution in [2.75, 3.05) is 33.9 Å². The van der Waals surface area contributed by atoms with Gasteiger partial charge in [0.1, 0.15) is 23.9 Å². The van der Waals surface area contributed by atoms with Crippen LogP contribution in [0.2, 0.25) is 0 Å². The van der Waals surface area contributed by atoms with Gasteiger partial charge in [0.15, 0.2) is 0 Å². The molecule has 6 bridgehead atoms. The lowest BCUT2D eigenvalue weighted by atomic mass is 9.84. The Morgan fingerprint density at radius 3 is 2.58 bits per heavy atom. The molecule has 2 aromatic carbocycles. The van der Waals surface area contributed by atoms with E-state index in [-0.39, 0.29) is 48.7 Å². The number of amides is 3. The third kappa shape index (κ3) is 9.55. The number of benzene rings is 2. The summed E-state index contributed by atoms with van der Waals surface area (Å²) in [5.74, 6) is -1.95. The summed E-state index contributed by atoms with van der Waals surface area (Å²) in [5.41, 5.74) is 9.74. The minimum Gasteiger partial charge on any atom is -0.508 e. The smallest absolute Gasteiger partial charge is 0.324 e. The van der Waals surface area contributed by atoms with E-state index >= 15 is 0 Å². The zero-order valence-electron chi connectivity index (χ0n) is 39.0. The van der Waals surface area contributed by atoms with E-state index in [1.54, 1.807) is 37.4 Å². The van der Waals surface area contributed by atoms with Crippen molar-refractivity contribution in [2.45, 2.75) is 124 Å². The molecule has 3 aliphatic heterocycles. The number of fused-ring (bicyclic) bond motifs is 6. The summed E-state index contributed by atoms with van der Waals surface area (Å²) in [6, 6.07) is 12.9. The first-order valence-corrected chi connectivity index (χ1v) is 23.1. The average Bonchev–Trinajstić information content (AvgIpc) is 3.88. The SMILES string of the molecule is CCC1NCCC1C(=O)N(C)C(C(=O)N[C@H]1Cc2cc(O)cc(c2)-c2ccc3c(c2)c(c(-c2cccnc2[C@H](C)OC)n3CC)CC(C)(C)COC(=O)[C@@H]2CCCN(N2)C1=O)C(C)C. The number of hydrazine groups is 1. The number of ether oxygens (including phenoxy) is 2. The first-order valence-electron chi connectivity index (χ1n) is 23.1. The number of aryl methyl sites for hydroxylation is 1. The largest absolute Gasteiger partial charge is 0.508 e. The number of phenolic OH excluding ortho intramolecular Hbond substituents is 1. The van der Waals surface area contributed by atoms with E-state index in [9.17, 15) is 24.3 Å². The number of nitrogens with one attached hydrogen (secondary N) is 3. The molecular formula is C50H67N7O7. The first kappa shape index (κ1) is 46.7. The molecule has 3 amide bonds. The van der Waals surface area contributed by atoms with Gasteiger partial charge in [0.25, 0.3) is 5.91 Å². The molecule has 6 atom stereocenters. The Balaban J connectivity index is 1.33. The number of nitrogens with zero attached hydrogens (tertiary/aromatic N) is 4.